The van der Waals surface area contributed by atoms with Crippen LogP contribution in [0, 0.1) is 0 Å². The zero-order valence-corrected chi connectivity index (χ0v) is 19.8. The van der Waals surface area contributed by atoms with Crippen LogP contribution in [-0.4, -0.2) is 27.4 Å². The first-order chi connectivity index (χ1) is 16.1. The van der Waals surface area contributed by atoms with Gasteiger partial charge >= 0.3 is 0 Å². The van der Waals surface area contributed by atoms with Crippen molar-refractivity contribution in [3.05, 3.63) is 86.0 Å². The van der Waals surface area contributed by atoms with Gasteiger partial charge < -0.3 is 0 Å². The van der Waals surface area contributed by atoms with E-state index in [9.17, 15) is 9.59 Å². The van der Waals surface area contributed by atoms with Gasteiger partial charge in [0.15, 0.2) is 5.16 Å². The number of carbonyl (C=O) groups is 1. The molecule has 0 aliphatic heterocycles. The summed E-state index contributed by atoms with van der Waals surface area (Å²) in [5.41, 5.74) is 5.11. The molecule has 0 saturated carbocycles. The summed E-state index contributed by atoms with van der Waals surface area (Å²) in [5.74, 6) is -0.208. The number of aromatic nitrogens is 2. The number of carbonyl (C=O) groups excluding carboxylic acids is 1. The van der Waals surface area contributed by atoms with Crippen molar-refractivity contribution in [2.45, 2.75) is 24.4 Å². The Labute approximate surface area is 203 Å². The van der Waals surface area contributed by atoms with Gasteiger partial charge in [0.1, 0.15) is 4.83 Å². The molecule has 1 aliphatic rings. The van der Waals surface area contributed by atoms with E-state index in [1.165, 1.54) is 16.6 Å². The molecule has 0 radical (unpaired) electrons. The molecule has 0 fully saturated rings. The molecule has 0 spiro atoms. The number of halogens is 1. The van der Waals surface area contributed by atoms with Crippen LogP contribution in [0.2, 0.25) is 5.02 Å². The molecule has 166 valence electrons. The van der Waals surface area contributed by atoms with E-state index < -0.39 is 0 Å². The zero-order valence-electron chi connectivity index (χ0n) is 17.5. The van der Waals surface area contributed by atoms with Crippen LogP contribution in [0.1, 0.15) is 22.4 Å². The average molecular weight is 495 g/mol. The number of thiophene rings is 1. The molecule has 0 saturated heterocycles. The van der Waals surface area contributed by atoms with Crippen molar-refractivity contribution in [3.8, 4) is 5.69 Å². The lowest BCUT2D eigenvalue weighted by atomic mass is 10.2. The third-order valence-corrected chi connectivity index (χ3v) is 7.70. The second kappa shape index (κ2) is 9.51. The van der Waals surface area contributed by atoms with Gasteiger partial charge in [-0.1, -0.05) is 53.7 Å². The monoisotopic (exact) mass is 494 g/mol. The quantitative estimate of drug-likeness (QED) is 0.180. The SMILES string of the molecule is O=C(CSc1nc2sc3c(c2c(=O)n1-c1ccc(Cl)cc1)CCC3)NN=Cc1ccccc1. The van der Waals surface area contributed by atoms with Gasteiger partial charge in [-0.2, -0.15) is 5.10 Å². The fourth-order valence-electron chi connectivity index (χ4n) is 3.82. The van der Waals surface area contributed by atoms with Gasteiger partial charge in [-0.15, -0.1) is 11.3 Å². The van der Waals surface area contributed by atoms with Crippen LogP contribution in [0.25, 0.3) is 15.9 Å². The van der Waals surface area contributed by atoms with Crippen LogP contribution >= 0.6 is 34.7 Å². The standard InChI is InChI=1S/C24H19ClN4O2S2/c25-16-9-11-17(12-10-16)29-23(31)21-18-7-4-8-19(18)33-22(21)27-24(29)32-14-20(30)28-26-13-15-5-2-1-3-6-15/h1-3,5-6,9-13H,4,7-8,14H2,(H,28,30). The normalized spacial score (nSPS) is 13.0. The Morgan fingerprint density at radius 1 is 1.18 bits per heavy atom. The van der Waals surface area contributed by atoms with E-state index in [0.717, 1.165) is 35.2 Å². The highest BCUT2D eigenvalue weighted by Crippen LogP contribution is 2.36. The van der Waals surface area contributed by atoms with E-state index >= 15 is 0 Å². The van der Waals surface area contributed by atoms with Crippen molar-refractivity contribution in [3.63, 3.8) is 0 Å². The van der Waals surface area contributed by atoms with E-state index in [2.05, 4.69) is 10.5 Å². The van der Waals surface area contributed by atoms with Crippen molar-refractivity contribution in [2.75, 3.05) is 5.75 Å². The molecule has 0 bridgehead atoms. The molecule has 1 aliphatic carbocycles. The van der Waals surface area contributed by atoms with E-state index in [1.807, 2.05) is 30.3 Å². The molecule has 2 aromatic heterocycles. The largest absolute Gasteiger partial charge is 0.272 e. The van der Waals surface area contributed by atoms with Crippen LogP contribution in [0.4, 0.5) is 0 Å². The van der Waals surface area contributed by atoms with Crippen molar-refractivity contribution in [1.82, 2.24) is 15.0 Å². The topological polar surface area (TPSA) is 76.3 Å². The molecule has 6 nitrogen and oxygen atoms in total. The van der Waals surface area contributed by atoms with Crippen LogP contribution in [-0.2, 0) is 17.6 Å². The Hall–Kier alpha value is -2.94. The van der Waals surface area contributed by atoms with Gasteiger partial charge in [-0.05, 0) is 54.7 Å². The number of fused-ring (bicyclic) bond motifs is 3. The average Bonchev–Trinajstić information content (AvgIpc) is 3.40. The number of hydrogen-bond donors (Lipinski definition) is 1. The highest BCUT2D eigenvalue weighted by molar-refractivity contribution is 7.99. The van der Waals surface area contributed by atoms with Crippen LogP contribution in [0.3, 0.4) is 0 Å². The number of hydrazone groups is 1. The summed E-state index contributed by atoms with van der Waals surface area (Å²) in [7, 11) is 0. The minimum atomic E-state index is -0.280. The van der Waals surface area contributed by atoms with Crippen LogP contribution in [0.15, 0.2) is 69.6 Å². The fraction of sp³-hybridized carbons (Fsp3) is 0.167. The maximum Gasteiger partial charge on any atom is 0.267 e. The number of aryl methyl sites for hydroxylation is 2. The molecule has 33 heavy (non-hydrogen) atoms. The Balaban J connectivity index is 1.43. The summed E-state index contributed by atoms with van der Waals surface area (Å²) < 4.78 is 1.58. The van der Waals surface area contributed by atoms with Gasteiger partial charge in [0.05, 0.1) is 23.0 Å². The Morgan fingerprint density at radius 2 is 1.97 bits per heavy atom. The molecule has 4 aromatic rings. The van der Waals surface area contributed by atoms with Gasteiger partial charge in [-0.25, -0.2) is 10.4 Å². The molecular weight excluding hydrogens is 476 g/mol. The summed E-state index contributed by atoms with van der Waals surface area (Å²) in [6, 6.07) is 16.6. The molecule has 2 aromatic carbocycles. The predicted molar refractivity (Wildman–Crippen MR) is 135 cm³/mol. The number of benzene rings is 2. The molecule has 9 heteroatoms. The van der Waals surface area contributed by atoms with Gasteiger partial charge in [0.25, 0.3) is 11.5 Å². The smallest absolute Gasteiger partial charge is 0.267 e. The van der Waals surface area contributed by atoms with Crippen LogP contribution in [0.5, 0.6) is 0 Å². The number of rotatable bonds is 6. The molecule has 1 N–H and O–H groups in total. The lowest BCUT2D eigenvalue weighted by Crippen LogP contribution is -2.24. The Morgan fingerprint density at radius 3 is 2.76 bits per heavy atom. The molecular formula is C24H19ClN4O2S2. The highest BCUT2D eigenvalue weighted by Gasteiger charge is 2.24. The van der Waals surface area contributed by atoms with E-state index in [1.54, 1.807) is 46.4 Å². The Bertz CT molecular complexity index is 1410. The van der Waals surface area contributed by atoms with Crippen molar-refractivity contribution < 1.29 is 4.79 Å². The maximum atomic E-state index is 13.6. The third kappa shape index (κ3) is 4.59. The van der Waals surface area contributed by atoms with E-state index in [-0.39, 0.29) is 17.2 Å². The predicted octanol–water partition coefficient (Wildman–Crippen LogP) is 4.83. The summed E-state index contributed by atoms with van der Waals surface area (Å²) in [6.45, 7) is 0. The molecule has 2 heterocycles. The number of thioether (sulfide) groups is 1. The molecule has 1 amide bonds. The van der Waals surface area contributed by atoms with Gasteiger partial charge in [-0.3, -0.25) is 14.2 Å². The van der Waals surface area contributed by atoms with E-state index in [4.69, 9.17) is 16.6 Å². The lowest BCUT2D eigenvalue weighted by molar-refractivity contribution is -0.118. The highest BCUT2D eigenvalue weighted by atomic mass is 35.5. The van der Waals surface area contributed by atoms with E-state index in [0.29, 0.717) is 21.3 Å². The number of hydrogen-bond acceptors (Lipinski definition) is 6. The minimum Gasteiger partial charge on any atom is -0.272 e. The van der Waals surface area contributed by atoms with Gasteiger partial charge in [0, 0.05) is 9.90 Å². The second-order valence-corrected chi connectivity index (χ2v) is 10.0. The number of nitrogens with zero attached hydrogens (tertiary/aromatic N) is 3. The number of nitrogens with one attached hydrogen (secondary N) is 1. The van der Waals surface area contributed by atoms with Crippen molar-refractivity contribution >= 4 is 57.0 Å². The maximum absolute atomic E-state index is 13.6. The molecule has 0 atom stereocenters. The first kappa shape index (κ1) is 21.9. The molecule has 0 unspecified atom stereocenters. The van der Waals surface area contributed by atoms with Crippen molar-refractivity contribution in [1.29, 1.82) is 0 Å². The first-order valence-electron chi connectivity index (χ1n) is 10.4. The minimum absolute atomic E-state index is 0.0722. The van der Waals surface area contributed by atoms with Crippen molar-refractivity contribution in [2.24, 2.45) is 5.10 Å². The summed E-state index contributed by atoms with van der Waals surface area (Å²) in [6.07, 6.45) is 4.55. The Kier molecular flexibility index (Phi) is 6.30. The first-order valence-corrected chi connectivity index (χ1v) is 12.6. The lowest BCUT2D eigenvalue weighted by Gasteiger charge is -2.12. The summed E-state index contributed by atoms with van der Waals surface area (Å²) in [5, 5.41) is 5.76. The van der Waals surface area contributed by atoms with Gasteiger partial charge in [0.2, 0.25) is 0 Å². The third-order valence-electron chi connectivity index (χ3n) is 5.33. The zero-order chi connectivity index (χ0) is 22.8. The summed E-state index contributed by atoms with van der Waals surface area (Å²) in [4.78, 5) is 32.7. The fourth-order valence-corrected chi connectivity index (χ4v) is 6.05. The second-order valence-electron chi connectivity index (χ2n) is 7.54. The number of amides is 1. The van der Waals surface area contributed by atoms with Crippen LogP contribution < -0.4 is 11.0 Å². The summed E-state index contributed by atoms with van der Waals surface area (Å²) >= 11 is 8.85. The molecule has 5 rings (SSSR count).